The molecule has 84 valence electrons. The molecule has 16 heavy (non-hydrogen) atoms. The highest BCUT2D eigenvalue weighted by atomic mass is 15.0. The number of hydrogen-bond donors (Lipinski definition) is 1. The zero-order chi connectivity index (χ0) is 11.2. The summed E-state index contributed by atoms with van der Waals surface area (Å²) in [5.41, 5.74) is 2.22. The van der Waals surface area contributed by atoms with Gasteiger partial charge in [-0.3, -0.25) is 9.98 Å². The van der Waals surface area contributed by atoms with E-state index >= 15 is 0 Å². The number of hydrogen-bond acceptors (Lipinski definition) is 2. The highest BCUT2D eigenvalue weighted by Crippen LogP contribution is 2.10. The SMILES string of the molecule is CCCCN=C1NC=CCc2cccnc21. The summed E-state index contributed by atoms with van der Waals surface area (Å²) in [5, 5.41) is 3.20. The average Bonchev–Trinajstić information content (AvgIpc) is 2.52. The van der Waals surface area contributed by atoms with Gasteiger partial charge in [0.05, 0.1) is 0 Å². The maximum Gasteiger partial charge on any atom is 0.151 e. The zero-order valence-corrected chi connectivity index (χ0v) is 9.61. The van der Waals surface area contributed by atoms with Crippen LogP contribution in [0, 0.1) is 0 Å². The Kier molecular flexibility index (Phi) is 3.70. The summed E-state index contributed by atoms with van der Waals surface area (Å²) in [6, 6.07) is 4.08. The van der Waals surface area contributed by atoms with Crippen LogP contribution in [0.1, 0.15) is 31.0 Å². The lowest BCUT2D eigenvalue weighted by atomic mass is 10.1. The van der Waals surface area contributed by atoms with Gasteiger partial charge in [0.1, 0.15) is 5.69 Å². The van der Waals surface area contributed by atoms with Crippen LogP contribution in [-0.4, -0.2) is 17.4 Å². The summed E-state index contributed by atoms with van der Waals surface area (Å²) >= 11 is 0. The highest BCUT2D eigenvalue weighted by molar-refractivity contribution is 5.99. The first-order valence-electron chi connectivity index (χ1n) is 5.82. The molecule has 3 nitrogen and oxygen atoms in total. The summed E-state index contributed by atoms with van der Waals surface area (Å²) in [7, 11) is 0. The molecule has 0 saturated heterocycles. The van der Waals surface area contributed by atoms with Crippen LogP contribution in [0.4, 0.5) is 0 Å². The average molecular weight is 215 g/mol. The molecule has 2 heterocycles. The lowest BCUT2D eigenvalue weighted by Gasteiger charge is -2.07. The van der Waals surface area contributed by atoms with Crippen LogP contribution >= 0.6 is 0 Å². The summed E-state index contributed by atoms with van der Waals surface area (Å²) in [4.78, 5) is 8.97. The first-order valence-corrected chi connectivity index (χ1v) is 5.82. The molecule has 1 aromatic rings. The number of nitrogens with zero attached hydrogens (tertiary/aromatic N) is 2. The Balaban J connectivity index is 2.25. The van der Waals surface area contributed by atoms with Gasteiger partial charge < -0.3 is 5.32 Å². The number of allylic oxidation sites excluding steroid dienone is 1. The van der Waals surface area contributed by atoms with Crippen LogP contribution < -0.4 is 5.32 Å². The zero-order valence-electron chi connectivity index (χ0n) is 9.61. The van der Waals surface area contributed by atoms with Crippen molar-refractivity contribution in [3.05, 3.63) is 41.9 Å². The monoisotopic (exact) mass is 215 g/mol. The van der Waals surface area contributed by atoms with E-state index in [0.29, 0.717) is 0 Å². The molecule has 0 spiro atoms. The minimum atomic E-state index is 0.864. The third kappa shape index (κ3) is 2.48. The van der Waals surface area contributed by atoms with Crippen LogP contribution in [0.15, 0.2) is 35.6 Å². The molecule has 0 amide bonds. The Hall–Kier alpha value is -1.64. The molecule has 0 fully saturated rings. The Bertz CT molecular complexity index is 407. The first kappa shape index (κ1) is 10.9. The van der Waals surface area contributed by atoms with E-state index in [1.165, 1.54) is 12.0 Å². The maximum atomic E-state index is 4.57. The molecule has 0 saturated carbocycles. The molecule has 1 N–H and O–H groups in total. The van der Waals surface area contributed by atoms with Crippen molar-refractivity contribution >= 4 is 5.84 Å². The fourth-order valence-corrected chi connectivity index (χ4v) is 1.68. The summed E-state index contributed by atoms with van der Waals surface area (Å²) in [5.74, 6) is 0.901. The number of unbranched alkanes of at least 4 members (excludes halogenated alkanes) is 1. The largest absolute Gasteiger partial charge is 0.345 e. The maximum absolute atomic E-state index is 4.57. The number of amidine groups is 1. The molecule has 0 atom stereocenters. The molecule has 1 aliphatic heterocycles. The van der Waals surface area contributed by atoms with Gasteiger partial charge in [0, 0.05) is 12.7 Å². The molecule has 2 rings (SSSR count). The molecule has 0 radical (unpaired) electrons. The standard InChI is InChI=1S/C13H17N3/c1-2-3-8-15-13-12-11(6-4-9-14-12)7-5-10-16-13/h4-6,9-10H,2-3,7-8H2,1H3,(H,15,16). The van der Waals surface area contributed by atoms with E-state index in [0.717, 1.165) is 30.9 Å². The van der Waals surface area contributed by atoms with Crippen molar-refractivity contribution in [3.63, 3.8) is 0 Å². The number of aliphatic imine (C=N–C) groups is 1. The molecule has 0 bridgehead atoms. The number of fused-ring (bicyclic) bond motifs is 1. The van der Waals surface area contributed by atoms with E-state index in [-0.39, 0.29) is 0 Å². The first-order chi connectivity index (χ1) is 7.92. The van der Waals surface area contributed by atoms with Crippen LogP contribution in [0.5, 0.6) is 0 Å². The van der Waals surface area contributed by atoms with Crippen molar-refractivity contribution in [2.45, 2.75) is 26.2 Å². The number of rotatable bonds is 3. The predicted molar refractivity (Wildman–Crippen MR) is 66.5 cm³/mol. The number of pyridine rings is 1. The van der Waals surface area contributed by atoms with Gasteiger partial charge in [0.2, 0.25) is 0 Å². The van der Waals surface area contributed by atoms with E-state index in [1.807, 2.05) is 18.5 Å². The Morgan fingerprint density at radius 2 is 2.44 bits per heavy atom. The van der Waals surface area contributed by atoms with Gasteiger partial charge >= 0.3 is 0 Å². The molecule has 0 unspecified atom stereocenters. The lowest BCUT2D eigenvalue weighted by Crippen LogP contribution is -2.20. The molecule has 0 aromatic carbocycles. The third-order valence-corrected chi connectivity index (χ3v) is 2.57. The quantitative estimate of drug-likeness (QED) is 0.785. The van der Waals surface area contributed by atoms with Crippen molar-refractivity contribution < 1.29 is 0 Å². The summed E-state index contributed by atoms with van der Waals surface area (Å²) in [6.45, 7) is 3.04. The summed E-state index contributed by atoms with van der Waals surface area (Å²) in [6.07, 6.45) is 9.08. The third-order valence-electron chi connectivity index (χ3n) is 2.57. The summed E-state index contributed by atoms with van der Waals surface area (Å²) < 4.78 is 0. The molecular formula is C13H17N3. The molecule has 1 aromatic heterocycles. The molecule has 0 aliphatic carbocycles. The van der Waals surface area contributed by atoms with Crippen LogP contribution in [0.3, 0.4) is 0 Å². The molecule has 1 aliphatic rings. The van der Waals surface area contributed by atoms with Gasteiger partial charge in [0.15, 0.2) is 5.84 Å². The van der Waals surface area contributed by atoms with Gasteiger partial charge in [0.25, 0.3) is 0 Å². The topological polar surface area (TPSA) is 37.3 Å². The Morgan fingerprint density at radius 1 is 1.50 bits per heavy atom. The Morgan fingerprint density at radius 3 is 3.31 bits per heavy atom. The van der Waals surface area contributed by atoms with Crippen LogP contribution in [-0.2, 0) is 6.42 Å². The van der Waals surface area contributed by atoms with Crippen molar-refractivity contribution in [3.8, 4) is 0 Å². The number of aromatic nitrogens is 1. The fraction of sp³-hybridized carbons (Fsp3) is 0.385. The normalized spacial score (nSPS) is 16.7. The second kappa shape index (κ2) is 5.45. The second-order valence-corrected chi connectivity index (χ2v) is 3.85. The van der Waals surface area contributed by atoms with Crippen molar-refractivity contribution in [1.29, 1.82) is 0 Å². The second-order valence-electron chi connectivity index (χ2n) is 3.85. The smallest absolute Gasteiger partial charge is 0.151 e. The van der Waals surface area contributed by atoms with Crippen molar-refractivity contribution in [2.75, 3.05) is 6.54 Å². The fourth-order valence-electron chi connectivity index (χ4n) is 1.68. The van der Waals surface area contributed by atoms with Gasteiger partial charge in [-0.15, -0.1) is 0 Å². The van der Waals surface area contributed by atoms with Crippen LogP contribution in [0.2, 0.25) is 0 Å². The van der Waals surface area contributed by atoms with E-state index in [4.69, 9.17) is 0 Å². The van der Waals surface area contributed by atoms with Gasteiger partial charge in [-0.25, -0.2) is 0 Å². The van der Waals surface area contributed by atoms with E-state index in [1.54, 1.807) is 0 Å². The number of nitrogens with one attached hydrogen (secondary N) is 1. The predicted octanol–water partition coefficient (Wildman–Crippen LogP) is 2.29. The van der Waals surface area contributed by atoms with Crippen LogP contribution in [0.25, 0.3) is 0 Å². The van der Waals surface area contributed by atoms with Gasteiger partial charge in [-0.2, -0.15) is 0 Å². The Labute approximate surface area is 96.3 Å². The van der Waals surface area contributed by atoms with Gasteiger partial charge in [-0.1, -0.05) is 25.5 Å². The highest BCUT2D eigenvalue weighted by Gasteiger charge is 2.10. The molecular weight excluding hydrogens is 198 g/mol. The minimum absolute atomic E-state index is 0.864. The minimum Gasteiger partial charge on any atom is -0.345 e. The van der Waals surface area contributed by atoms with Crippen molar-refractivity contribution in [2.24, 2.45) is 4.99 Å². The van der Waals surface area contributed by atoms with Gasteiger partial charge in [-0.05, 0) is 30.7 Å². The van der Waals surface area contributed by atoms with E-state index in [9.17, 15) is 0 Å². The van der Waals surface area contributed by atoms with E-state index < -0.39 is 0 Å². The van der Waals surface area contributed by atoms with E-state index in [2.05, 4.69) is 34.4 Å². The molecule has 3 heteroatoms. The van der Waals surface area contributed by atoms with Crippen molar-refractivity contribution in [1.82, 2.24) is 10.3 Å². The lowest BCUT2D eigenvalue weighted by molar-refractivity contribution is 0.805.